The van der Waals surface area contributed by atoms with Crippen molar-refractivity contribution < 1.29 is 14.4 Å². The SMILES string of the molecule is CCc1ccc(-n2c(C)nc3cc(C(=O)NCCC[NH+]4CCOCC4)ccc32)cc1. The molecular formula is C24H31N4O2+. The monoisotopic (exact) mass is 407 g/mol. The van der Waals surface area contributed by atoms with E-state index in [1.807, 2.05) is 25.1 Å². The van der Waals surface area contributed by atoms with Gasteiger partial charge >= 0.3 is 0 Å². The molecule has 158 valence electrons. The van der Waals surface area contributed by atoms with Gasteiger partial charge in [-0.1, -0.05) is 19.1 Å². The third kappa shape index (κ3) is 4.55. The van der Waals surface area contributed by atoms with Crippen LogP contribution in [-0.2, 0) is 11.2 Å². The van der Waals surface area contributed by atoms with Crippen LogP contribution in [0.3, 0.4) is 0 Å². The summed E-state index contributed by atoms with van der Waals surface area (Å²) in [5.74, 6) is 0.883. The lowest BCUT2D eigenvalue weighted by atomic mass is 10.1. The maximum Gasteiger partial charge on any atom is 0.251 e. The Morgan fingerprint density at radius 3 is 2.67 bits per heavy atom. The maximum absolute atomic E-state index is 12.6. The number of aryl methyl sites for hydroxylation is 2. The Kier molecular flexibility index (Phi) is 6.45. The summed E-state index contributed by atoms with van der Waals surface area (Å²) in [6.07, 6.45) is 2.00. The third-order valence-electron chi connectivity index (χ3n) is 5.88. The van der Waals surface area contributed by atoms with Crippen LogP contribution in [0.25, 0.3) is 16.7 Å². The number of ether oxygens (including phenoxy) is 1. The van der Waals surface area contributed by atoms with E-state index in [9.17, 15) is 4.79 Å². The van der Waals surface area contributed by atoms with Crippen molar-refractivity contribution >= 4 is 16.9 Å². The van der Waals surface area contributed by atoms with Gasteiger partial charge < -0.3 is 15.0 Å². The zero-order valence-corrected chi connectivity index (χ0v) is 17.9. The zero-order chi connectivity index (χ0) is 20.9. The van der Waals surface area contributed by atoms with Crippen LogP contribution in [0.4, 0.5) is 0 Å². The Labute approximate surface area is 177 Å². The van der Waals surface area contributed by atoms with Crippen LogP contribution in [0, 0.1) is 6.92 Å². The molecule has 3 aromatic rings. The molecule has 1 amide bonds. The Bertz CT molecular complexity index is 1000. The molecule has 2 heterocycles. The summed E-state index contributed by atoms with van der Waals surface area (Å²) < 4.78 is 7.53. The smallest absolute Gasteiger partial charge is 0.251 e. The number of amides is 1. The van der Waals surface area contributed by atoms with E-state index in [-0.39, 0.29) is 5.91 Å². The first-order valence-electron chi connectivity index (χ1n) is 10.9. The lowest BCUT2D eigenvalue weighted by Crippen LogP contribution is -3.14. The first kappa shape index (κ1) is 20.6. The number of hydrogen-bond donors (Lipinski definition) is 2. The van der Waals surface area contributed by atoms with E-state index in [2.05, 4.69) is 41.1 Å². The molecule has 0 saturated carbocycles. The number of carbonyl (C=O) groups is 1. The van der Waals surface area contributed by atoms with E-state index >= 15 is 0 Å². The van der Waals surface area contributed by atoms with Gasteiger partial charge in [-0.2, -0.15) is 0 Å². The standard InChI is InChI=1S/C24H30N4O2/c1-3-19-5-8-21(9-6-19)28-18(2)26-22-17-20(7-10-23(22)28)24(29)25-11-4-12-27-13-15-30-16-14-27/h5-10,17H,3-4,11-16H2,1-2H3,(H,25,29)/p+1. The summed E-state index contributed by atoms with van der Waals surface area (Å²) in [5.41, 5.74) is 4.93. The molecule has 1 saturated heterocycles. The molecule has 1 aliphatic heterocycles. The average molecular weight is 408 g/mol. The molecule has 2 N–H and O–H groups in total. The largest absolute Gasteiger partial charge is 0.370 e. The number of nitrogens with zero attached hydrogens (tertiary/aromatic N) is 2. The second-order valence-electron chi connectivity index (χ2n) is 7.94. The Morgan fingerprint density at radius 1 is 1.17 bits per heavy atom. The number of rotatable bonds is 7. The minimum Gasteiger partial charge on any atom is -0.370 e. The first-order valence-corrected chi connectivity index (χ1v) is 10.9. The summed E-state index contributed by atoms with van der Waals surface area (Å²) in [6, 6.07) is 14.3. The number of fused-ring (bicyclic) bond motifs is 1. The third-order valence-corrected chi connectivity index (χ3v) is 5.88. The van der Waals surface area contributed by atoms with Crippen molar-refractivity contribution in [3.63, 3.8) is 0 Å². The molecule has 0 bridgehead atoms. The summed E-state index contributed by atoms with van der Waals surface area (Å²) >= 11 is 0. The molecule has 0 radical (unpaired) electrons. The molecule has 6 heteroatoms. The fourth-order valence-corrected chi connectivity index (χ4v) is 4.10. The summed E-state index contributed by atoms with van der Waals surface area (Å²) in [5, 5.41) is 3.05. The highest BCUT2D eigenvalue weighted by Gasteiger charge is 2.15. The molecule has 0 atom stereocenters. The molecule has 0 unspecified atom stereocenters. The zero-order valence-electron chi connectivity index (χ0n) is 17.9. The van der Waals surface area contributed by atoms with Gasteiger partial charge in [0.2, 0.25) is 0 Å². The highest BCUT2D eigenvalue weighted by molar-refractivity contribution is 5.97. The minimum atomic E-state index is -0.0339. The van der Waals surface area contributed by atoms with E-state index in [1.165, 1.54) is 5.56 Å². The van der Waals surface area contributed by atoms with Crippen molar-refractivity contribution in [2.75, 3.05) is 39.4 Å². The van der Waals surface area contributed by atoms with Crippen molar-refractivity contribution in [2.45, 2.75) is 26.7 Å². The van der Waals surface area contributed by atoms with Crippen molar-refractivity contribution in [2.24, 2.45) is 0 Å². The van der Waals surface area contributed by atoms with Gasteiger partial charge in [-0.15, -0.1) is 0 Å². The molecule has 1 fully saturated rings. The van der Waals surface area contributed by atoms with Crippen molar-refractivity contribution in [1.29, 1.82) is 0 Å². The quantitative estimate of drug-likeness (QED) is 0.589. The van der Waals surface area contributed by atoms with Crippen LogP contribution in [0.15, 0.2) is 42.5 Å². The number of quaternary nitrogens is 1. The maximum atomic E-state index is 12.6. The molecule has 0 spiro atoms. The topological polar surface area (TPSA) is 60.6 Å². The molecule has 6 nitrogen and oxygen atoms in total. The number of aromatic nitrogens is 2. The average Bonchev–Trinajstić information content (AvgIpc) is 3.12. The van der Waals surface area contributed by atoms with Gasteiger partial charge in [-0.25, -0.2) is 4.98 Å². The van der Waals surface area contributed by atoms with E-state index in [0.717, 1.165) is 68.2 Å². The molecular weight excluding hydrogens is 376 g/mol. The second-order valence-corrected chi connectivity index (χ2v) is 7.94. The highest BCUT2D eigenvalue weighted by atomic mass is 16.5. The van der Waals surface area contributed by atoms with Crippen molar-refractivity contribution in [1.82, 2.24) is 14.9 Å². The Balaban J connectivity index is 1.42. The van der Waals surface area contributed by atoms with Crippen LogP contribution < -0.4 is 10.2 Å². The van der Waals surface area contributed by atoms with Crippen LogP contribution in [-0.4, -0.2) is 54.9 Å². The first-order chi connectivity index (χ1) is 14.7. The summed E-state index contributed by atoms with van der Waals surface area (Å²) in [7, 11) is 0. The van der Waals surface area contributed by atoms with Gasteiger partial charge in [0, 0.05) is 24.2 Å². The number of imidazole rings is 1. The van der Waals surface area contributed by atoms with Crippen LogP contribution in [0.2, 0.25) is 0 Å². The number of carbonyl (C=O) groups excluding carboxylic acids is 1. The Hall–Kier alpha value is -2.70. The minimum absolute atomic E-state index is 0.0339. The van der Waals surface area contributed by atoms with Crippen LogP contribution >= 0.6 is 0 Å². The van der Waals surface area contributed by atoms with E-state index < -0.39 is 0 Å². The second kappa shape index (κ2) is 9.41. The van der Waals surface area contributed by atoms with Gasteiger partial charge in [0.25, 0.3) is 5.91 Å². The van der Waals surface area contributed by atoms with E-state index in [0.29, 0.717) is 12.1 Å². The van der Waals surface area contributed by atoms with Gasteiger partial charge in [0.1, 0.15) is 18.9 Å². The van der Waals surface area contributed by atoms with E-state index in [1.54, 1.807) is 4.90 Å². The number of nitrogens with one attached hydrogen (secondary N) is 2. The Morgan fingerprint density at radius 2 is 1.93 bits per heavy atom. The lowest BCUT2D eigenvalue weighted by molar-refractivity contribution is -0.908. The normalized spacial score (nSPS) is 14.9. The van der Waals surface area contributed by atoms with Gasteiger partial charge in [0.05, 0.1) is 30.8 Å². The van der Waals surface area contributed by atoms with Crippen molar-refractivity contribution in [3.05, 3.63) is 59.4 Å². The highest BCUT2D eigenvalue weighted by Crippen LogP contribution is 2.23. The van der Waals surface area contributed by atoms with Gasteiger partial charge in [0.15, 0.2) is 0 Å². The number of morpholine rings is 1. The number of hydrogen-bond acceptors (Lipinski definition) is 3. The summed E-state index contributed by atoms with van der Waals surface area (Å²) in [6.45, 7) is 9.74. The fraction of sp³-hybridized carbons (Fsp3) is 0.417. The molecule has 0 aliphatic carbocycles. The van der Waals surface area contributed by atoms with E-state index in [4.69, 9.17) is 9.72 Å². The van der Waals surface area contributed by atoms with Crippen LogP contribution in [0.1, 0.15) is 35.1 Å². The molecule has 4 rings (SSSR count). The predicted octanol–water partition coefficient (Wildman–Crippen LogP) is 1.93. The molecule has 2 aromatic carbocycles. The lowest BCUT2D eigenvalue weighted by Gasteiger charge is -2.23. The molecule has 30 heavy (non-hydrogen) atoms. The summed E-state index contributed by atoms with van der Waals surface area (Å²) in [4.78, 5) is 18.9. The predicted molar refractivity (Wildman–Crippen MR) is 119 cm³/mol. The van der Waals surface area contributed by atoms with Crippen LogP contribution in [0.5, 0.6) is 0 Å². The van der Waals surface area contributed by atoms with Gasteiger partial charge in [-0.05, 0) is 49.2 Å². The number of benzene rings is 2. The molecule has 1 aliphatic rings. The molecule has 1 aromatic heterocycles. The van der Waals surface area contributed by atoms with Crippen molar-refractivity contribution in [3.8, 4) is 5.69 Å². The van der Waals surface area contributed by atoms with Gasteiger partial charge in [-0.3, -0.25) is 9.36 Å². The fourth-order valence-electron chi connectivity index (χ4n) is 4.10.